The summed E-state index contributed by atoms with van der Waals surface area (Å²) in [5.74, 6) is 0.480. The second-order valence-electron chi connectivity index (χ2n) is 5.47. The maximum Gasteiger partial charge on any atom is 0.129 e. The van der Waals surface area contributed by atoms with Crippen LogP contribution in [-0.4, -0.2) is 6.54 Å². The predicted molar refractivity (Wildman–Crippen MR) is 81.1 cm³/mol. The molecule has 1 N–H and O–H groups in total. The van der Waals surface area contributed by atoms with Gasteiger partial charge >= 0.3 is 0 Å². The first-order valence-corrected chi connectivity index (χ1v) is 7.61. The van der Waals surface area contributed by atoms with Crippen molar-refractivity contribution in [2.45, 2.75) is 52.5 Å². The molecule has 0 saturated carbocycles. The smallest absolute Gasteiger partial charge is 0.129 e. The summed E-state index contributed by atoms with van der Waals surface area (Å²) in [7, 11) is 0. The molecule has 0 saturated heterocycles. The lowest BCUT2D eigenvalue weighted by Gasteiger charge is -2.21. The van der Waals surface area contributed by atoms with Gasteiger partial charge in [0.05, 0.1) is 0 Å². The average molecular weight is 286 g/mol. The molecular formula is C16H25ClFN. The van der Waals surface area contributed by atoms with E-state index >= 15 is 0 Å². The van der Waals surface area contributed by atoms with E-state index < -0.39 is 0 Å². The van der Waals surface area contributed by atoms with E-state index in [0.29, 0.717) is 16.5 Å². The maximum absolute atomic E-state index is 14.0. The summed E-state index contributed by atoms with van der Waals surface area (Å²) >= 11 is 6.16. The minimum absolute atomic E-state index is 0.0207. The summed E-state index contributed by atoms with van der Waals surface area (Å²) in [4.78, 5) is 0. The highest BCUT2D eigenvalue weighted by Crippen LogP contribution is 2.29. The standard InChI is InChI=1S/C16H25ClFN/c1-4-11-19-15(10-5-7-12(2)3)16-13(17)8-6-9-14(16)18/h6,8-9,12,15,19H,4-5,7,10-11H2,1-3H3. The third-order valence-corrected chi connectivity index (χ3v) is 3.59. The molecule has 0 aromatic heterocycles. The van der Waals surface area contributed by atoms with Crippen molar-refractivity contribution < 1.29 is 4.39 Å². The van der Waals surface area contributed by atoms with E-state index in [-0.39, 0.29) is 11.9 Å². The number of halogens is 2. The zero-order valence-electron chi connectivity index (χ0n) is 12.2. The predicted octanol–water partition coefficient (Wildman–Crippen LogP) is 5.35. The normalized spacial score (nSPS) is 12.9. The van der Waals surface area contributed by atoms with Crippen molar-refractivity contribution in [3.63, 3.8) is 0 Å². The van der Waals surface area contributed by atoms with Crippen molar-refractivity contribution in [3.8, 4) is 0 Å². The fourth-order valence-corrected chi connectivity index (χ4v) is 2.54. The van der Waals surface area contributed by atoms with Crippen molar-refractivity contribution in [2.24, 2.45) is 5.92 Å². The Balaban J connectivity index is 2.77. The van der Waals surface area contributed by atoms with Crippen molar-refractivity contribution in [3.05, 3.63) is 34.6 Å². The molecule has 0 aliphatic carbocycles. The molecule has 0 spiro atoms. The van der Waals surface area contributed by atoms with E-state index in [0.717, 1.165) is 32.2 Å². The Morgan fingerprint density at radius 2 is 2.00 bits per heavy atom. The van der Waals surface area contributed by atoms with E-state index in [4.69, 9.17) is 11.6 Å². The van der Waals surface area contributed by atoms with Gasteiger partial charge < -0.3 is 5.32 Å². The lowest BCUT2D eigenvalue weighted by molar-refractivity contribution is 0.434. The van der Waals surface area contributed by atoms with Gasteiger partial charge in [-0.1, -0.05) is 51.3 Å². The molecule has 0 fully saturated rings. The van der Waals surface area contributed by atoms with Crippen molar-refractivity contribution >= 4 is 11.6 Å². The SMILES string of the molecule is CCCNC(CCCC(C)C)c1c(F)cccc1Cl. The molecule has 108 valence electrons. The van der Waals surface area contributed by atoms with Gasteiger partial charge in [0.25, 0.3) is 0 Å². The van der Waals surface area contributed by atoms with Crippen LogP contribution in [0.25, 0.3) is 0 Å². The van der Waals surface area contributed by atoms with Gasteiger partial charge in [0.1, 0.15) is 5.82 Å². The second-order valence-corrected chi connectivity index (χ2v) is 5.87. The Bertz CT molecular complexity index is 359. The third-order valence-electron chi connectivity index (χ3n) is 3.26. The van der Waals surface area contributed by atoms with E-state index in [2.05, 4.69) is 26.1 Å². The summed E-state index contributed by atoms with van der Waals surface area (Å²) < 4.78 is 14.0. The minimum atomic E-state index is -0.203. The van der Waals surface area contributed by atoms with Gasteiger partial charge in [-0.3, -0.25) is 0 Å². The van der Waals surface area contributed by atoms with Crippen LogP contribution in [0.5, 0.6) is 0 Å². The van der Waals surface area contributed by atoms with E-state index in [1.165, 1.54) is 6.07 Å². The number of benzene rings is 1. The molecule has 1 rings (SSSR count). The lowest BCUT2D eigenvalue weighted by atomic mass is 9.97. The highest BCUT2D eigenvalue weighted by molar-refractivity contribution is 6.31. The highest BCUT2D eigenvalue weighted by atomic mass is 35.5. The molecule has 19 heavy (non-hydrogen) atoms. The molecule has 1 unspecified atom stereocenters. The van der Waals surface area contributed by atoms with Crippen LogP contribution in [0.3, 0.4) is 0 Å². The molecule has 0 radical (unpaired) electrons. The van der Waals surface area contributed by atoms with Gasteiger partial charge in [0, 0.05) is 16.6 Å². The quantitative estimate of drug-likeness (QED) is 0.679. The number of hydrogen-bond donors (Lipinski definition) is 1. The van der Waals surface area contributed by atoms with Gasteiger partial charge in [0.2, 0.25) is 0 Å². The fourth-order valence-electron chi connectivity index (χ4n) is 2.24. The van der Waals surface area contributed by atoms with Gasteiger partial charge in [-0.2, -0.15) is 0 Å². The molecule has 0 heterocycles. The summed E-state index contributed by atoms with van der Waals surface area (Å²) in [6.07, 6.45) is 4.21. The zero-order valence-corrected chi connectivity index (χ0v) is 12.9. The van der Waals surface area contributed by atoms with Crippen molar-refractivity contribution in [1.29, 1.82) is 0 Å². The molecule has 0 bridgehead atoms. The van der Waals surface area contributed by atoms with Crippen LogP contribution in [0.1, 0.15) is 58.1 Å². The van der Waals surface area contributed by atoms with E-state index in [9.17, 15) is 4.39 Å². The topological polar surface area (TPSA) is 12.0 Å². The maximum atomic E-state index is 14.0. The van der Waals surface area contributed by atoms with Gasteiger partial charge in [-0.15, -0.1) is 0 Å². The van der Waals surface area contributed by atoms with Crippen LogP contribution in [0.2, 0.25) is 5.02 Å². The molecule has 0 amide bonds. The Kier molecular flexibility index (Phi) is 7.40. The molecule has 1 nitrogen and oxygen atoms in total. The Labute approximate surface area is 121 Å². The summed E-state index contributed by atoms with van der Waals surface area (Å²) in [5.41, 5.74) is 0.626. The van der Waals surface area contributed by atoms with Crippen LogP contribution in [0, 0.1) is 11.7 Å². The first kappa shape index (κ1) is 16.5. The minimum Gasteiger partial charge on any atom is -0.310 e. The van der Waals surface area contributed by atoms with E-state index in [1.807, 2.05) is 0 Å². The van der Waals surface area contributed by atoms with Crippen molar-refractivity contribution in [1.82, 2.24) is 5.32 Å². The largest absolute Gasteiger partial charge is 0.310 e. The number of hydrogen-bond acceptors (Lipinski definition) is 1. The number of rotatable bonds is 8. The number of nitrogens with one attached hydrogen (secondary N) is 1. The van der Waals surface area contributed by atoms with Gasteiger partial charge in [0.15, 0.2) is 0 Å². The van der Waals surface area contributed by atoms with Crippen LogP contribution in [-0.2, 0) is 0 Å². The zero-order chi connectivity index (χ0) is 14.3. The molecule has 0 aliphatic rings. The van der Waals surface area contributed by atoms with Gasteiger partial charge in [-0.05, 0) is 37.4 Å². The Morgan fingerprint density at radius 1 is 1.26 bits per heavy atom. The van der Waals surface area contributed by atoms with Crippen LogP contribution in [0.4, 0.5) is 4.39 Å². The monoisotopic (exact) mass is 285 g/mol. The van der Waals surface area contributed by atoms with Gasteiger partial charge in [-0.25, -0.2) is 4.39 Å². The average Bonchev–Trinajstić information content (AvgIpc) is 2.34. The Morgan fingerprint density at radius 3 is 2.58 bits per heavy atom. The van der Waals surface area contributed by atoms with Crippen LogP contribution >= 0.6 is 11.6 Å². The molecule has 0 aliphatic heterocycles. The molecule has 1 atom stereocenters. The summed E-state index contributed by atoms with van der Waals surface area (Å²) in [6.45, 7) is 7.42. The first-order valence-electron chi connectivity index (χ1n) is 7.23. The second kappa shape index (κ2) is 8.55. The van der Waals surface area contributed by atoms with Crippen LogP contribution < -0.4 is 5.32 Å². The molecular weight excluding hydrogens is 261 g/mol. The van der Waals surface area contributed by atoms with Crippen molar-refractivity contribution in [2.75, 3.05) is 6.54 Å². The highest BCUT2D eigenvalue weighted by Gasteiger charge is 2.18. The first-order chi connectivity index (χ1) is 9.06. The third kappa shape index (κ3) is 5.50. The Hall–Kier alpha value is -0.600. The fraction of sp³-hybridized carbons (Fsp3) is 0.625. The molecule has 1 aromatic carbocycles. The van der Waals surface area contributed by atoms with Crippen LogP contribution in [0.15, 0.2) is 18.2 Å². The van der Waals surface area contributed by atoms with E-state index in [1.54, 1.807) is 12.1 Å². The lowest BCUT2D eigenvalue weighted by Crippen LogP contribution is -2.23. The summed E-state index contributed by atoms with van der Waals surface area (Å²) in [6, 6.07) is 4.94. The molecule has 1 aromatic rings. The summed E-state index contributed by atoms with van der Waals surface area (Å²) in [5, 5.41) is 3.94. The molecule has 3 heteroatoms.